The zero-order valence-electron chi connectivity index (χ0n) is 13.6. The monoisotopic (exact) mass is 301 g/mol. The van der Waals surface area contributed by atoms with E-state index in [1.54, 1.807) is 0 Å². The quantitative estimate of drug-likeness (QED) is 0.814. The Kier molecular flexibility index (Phi) is 5.95. The number of rotatable bonds is 7. The zero-order valence-corrected chi connectivity index (χ0v) is 13.6. The molecule has 0 saturated heterocycles. The van der Waals surface area contributed by atoms with Crippen LogP contribution < -0.4 is 0 Å². The van der Waals surface area contributed by atoms with Gasteiger partial charge in [0.1, 0.15) is 5.60 Å². The molecule has 1 aliphatic carbocycles. The van der Waals surface area contributed by atoms with E-state index in [-0.39, 0.29) is 12.5 Å². The van der Waals surface area contributed by atoms with Gasteiger partial charge in [-0.05, 0) is 44.5 Å². The molecule has 1 aromatic rings. The molecule has 0 spiro atoms. The predicted octanol–water partition coefficient (Wildman–Crippen LogP) is 2.71. The van der Waals surface area contributed by atoms with Crippen LogP contribution in [0.5, 0.6) is 0 Å². The van der Waals surface area contributed by atoms with E-state index in [9.17, 15) is 10.2 Å². The summed E-state index contributed by atoms with van der Waals surface area (Å²) in [5.74, 6) is -0.0658. The molecule has 0 aliphatic heterocycles. The molecule has 1 aliphatic rings. The summed E-state index contributed by atoms with van der Waals surface area (Å²) in [6.07, 6.45) is 8.83. The summed E-state index contributed by atoms with van der Waals surface area (Å²) in [7, 11) is 4.00. The SMILES string of the molecule is CN(C)CC(CCO)C(O)(C1=CCCC=C1)c1ccccc1. The van der Waals surface area contributed by atoms with Crippen LogP contribution in [0.1, 0.15) is 24.8 Å². The maximum Gasteiger partial charge on any atom is 0.118 e. The van der Waals surface area contributed by atoms with Crippen LogP contribution in [0.2, 0.25) is 0 Å². The first-order chi connectivity index (χ1) is 10.6. The predicted molar refractivity (Wildman–Crippen MR) is 90.5 cm³/mol. The van der Waals surface area contributed by atoms with Gasteiger partial charge >= 0.3 is 0 Å². The van der Waals surface area contributed by atoms with Gasteiger partial charge in [-0.25, -0.2) is 0 Å². The molecule has 0 fully saturated rings. The highest BCUT2D eigenvalue weighted by Crippen LogP contribution is 2.41. The highest BCUT2D eigenvalue weighted by atomic mass is 16.3. The molecule has 2 rings (SSSR count). The number of allylic oxidation sites excluding steroid dienone is 2. The highest BCUT2D eigenvalue weighted by molar-refractivity contribution is 5.41. The average molecular weight is 301 g/mol. The second kappa shape index (κ2) is 7.73. The fourth-order valence-corrected chi connectivity index (χ4v) is 3.26. The van der Waals surface area contributed by atoms with Gasteiger partial charge in [-0.15, -0.1) is 0 Å². The van der Waals surface area contributed by atoms with Crippen molar-refractivity contribution >= 4 is 0 Å². The largest absolute Gasteiger partial charge is 0.396 e. The van der Waals surface area contributed by atoms with Gasteiger partial charge in [-0.2, -0.15) is 0 Å². The van der Waals surface area contributed by atoms with E-state index in [0.717, 1.165) is 30.5 Å². The average Bonchev–Trinajstić information content (AvgIpc) is 2.55. The Balaban J connectivity index is 2.48. The number of hydrogen-bond acceptors (Lipinski definition) is 3. The van der Waals surface area contributed by atoms with Gasteiger partial charge in [0, 0.05) is 19.1 Å². The molecule has 2 atom stereocenters. The number of hydrogen-bond donors (Lipinski definition) is 2. The van der Waals surface area contributed by atoms with Crippen LogP contribution in [0, 0.1) is 5.92 Å². The molecule has 22 heavy (non-hydrogen) atoms. The van der Waals surface area contributed by atoms with Gasteiger partial charge in [-0.3, -0.25) is 0 Å². The van der Waals surface area contributed by atoms with E-state index in [1.165, 1.54) is 0 Å². The minimum absolute atomic E-state index is 0.0658. The summed E-state index contributed by atoms with van der Waals surface area (Å²) in [6, 6.07) is 9.83. The number of nitrogens with zero attached hydrogens (tertiary/aromatic N) is 1. The van der Waals surface area contributed by atoms with Crippen molar-refractivity contribution in [1.82, 2.24) is 4.90 Å². The fourth-order valence-electron chi connectivity index (χ4n) is 3.26. The Morgan fingerprint density at radius 2 is 1.91 bits per heavy atom. The Labute approximate surface area is 133 Å². The molecule has 0 amide bonds. The molecule has 0 heterocycles. The summed E-state index contributed by atoms with van der Waals surface area (Å²) in [4.78, 5) is 2.07. The second-order valence-electron chi connectivity index (χ2n) is 6.24. The summed E-state index contributed by atoms with van der Waals surface area (Å²) in [5.41, 5.74) is 0.781. The van der Waals surface area contributed by atoms with Crippen molar-refractivity contribution in [2.24, 2.45) is 5.92 Å². The smallest absolute Gasteiger partial charge is 0.118 e. The van der Waals surface area contributed by atoms with E-state index in [4.69, 9.17) is 0 Å². The van der Waals surface area contributed by atoms with Crippen molar-refractivity contribution < 1.29 is 10.2 Å². The molecule has 0 aromatic heterocycles. The standard InChI is InChI=1S/C19H27NO2/c1-20(2)15-18(13-14-21)19(22,16-9-5-3-6-10-16)17-11-7-4-8-12-17/h3,5-7,9-12,18,21-22H,4,8,13-15H2,1-2H3. The normalized spacial score (nSPS) is 18.9. The molecule has 0 saturated carbocycles. The van der Waals surface area contributed by atoms with Crippen molar-refractivity contribution in [2.75, 3.05) is 27.2 Å². The number of aliphatic hydroxyl groups is 2. The summed E-state index contributed by atoms with van der Waals surface area (Å²) in [6.45, 7) is 0.793. The maximum atomic E-state index is 11.7. The zero-order chi connectivity index (χ0) is 16.0. The molecule has 2 N–H and O–H groups in total. The topological polar surface area (TPSA) is 43.7 Å². The van der Waals surface area contributed by atoms with Crippen LogP contribution in [0.15, 0.2) is 54.1 Å². The lowest BCUT2D eigenvalue weighted by atomic mass is 9.73. The third kappa shape index (κ3) is 3.67. The lowest BCUT2D eigenvalue weighted by Crippen LogP contribution is -2.42. The Morgan fingerprint density at radius 1 is 1.18 bits per heavy atom. The maximum absolute atomic E-state index is 11.7. The highest BCUT2D eigenvalue weighted by Gasteiger charge is 2.40. The molecule has 1 aromatic carbocycles. The first-order valence-electron chi connectivity index (χ1n) is 7.99. The van der Waals surface area contributed by atoms with Crippen LogP contribution in [-0.4, -0.2) is 42.4 Å². The van der Waals surface area contributed by atoms with Crippen molar-refractivity contribution in [3.63, 3.8) is 0 Å². The van der Waals surface area contributed by atoms with Crippen LogP contribution in [0.4, 0.5) is 0 Å². The van der Waals surface area contributed by atoms with Gasteiger partial charge < -0.3 is 15.1 Å². The van der Waals surface area contributed by atoms with Gasteiger partial charge in [-0.1, -0.05) is 48.6 Å². The van der Waals surface area contributed by atoms with E-state index in [2.05, 4.69) is 17.1 Å². The Bertz CT molecular complexity index is 521. The number of aliphatic hydroxyl groups excluding tert-OH is 1. The third-order valence-electron chi connectivity index (χ3n) is 4.30. The lowest BCUT2D eigenvalue weighted by molar-refractivity contribution is -0.00661. The molecular weight excluding hydrogens is 274 g/mol. The van der Waals surface area contributed by atoms with Crippen molar-refractivity contribution in [2.45, 2.75) is 24.9 Å². The molecule has 3 heteroatoms. The molecular formula is C19H27NO2. The van der Waals surface area contributed by atoms with E-state index in [1.807, 2.05) is 50.5 Å². The first-order valence-corrected chi connectivity index (χ1v) is 7.99. The van der Waals surface area contributed by atoms with Crippen LogP contribution in [0.25, 0.3) is 0 Å². The Hall–Kier alpha value is -1.42. The molecule has 3 nitrogen and oxygen atoms in total. The molecule has 120 valence electrons. The first kappa shape index (κ1) is 16.9. The van der Waals surface area contributed by atoms with Gasteiger partial charge in [0.2, 0.25) is 0 Å². The molecule has 0 radical (unpaired) electrons. The van der Waals surface area contributed by atoms with Gasteiger partial charge in [0.15, 0.2) is 0 Å². The van der Waals surface area contributed by atoms with Crippen molar-refractivity contribution in [3.05, 3.63) is 59.7 Å². The lowest BCUT2D eigenvalue weighted by Gasteiger charge is -2.40. The van der Waals surface area contributed by atoms with E-state index >= 15 is 0 Å². The third-order valence-corrected chi connectivity index (χ3v) is 4.30. The molecule has 0 bridgehead atoms. The van der Waals surface area contributed by atoms with Crippen molar-refractivity contribution in [3.8, 4) is 0 Å². The van der Waals surface area contributed by atoms with Gasteiger partial charge in [0.25, 0.3) is 0 Å². The summed E-state index contributed by atoms with van der Waals surface area (Å²) >= 11 is 0. The second-order valence-corrected chi connectivity index (χ2v) is 6.24. The fraction of sp³-hybridized carbons (Fsp3) is 0.474. The van der Waals surface area contributed by atoms with E-state index in [0.29, 0.717) is 6.42 Å². The summed E-state index contributed by atoms with van der Waals surface area (Å²) in [5, 5.41) is 21.2. The van der Waals surface area contributed by atoms with Crippen LogP contribution in [0.3, 0.4) is 0 Å². The van der Waals surface area contributed by atoms with Gasteiger partial charge in [0.05, 0.1) is 0 Å². The number of benzene rings is 1. The summed E-state index contributed by atoms with van der Waals surface area (Å²) < 4.78 is 0. The Morgan fingerprint density at radius 3 is 2.45 bits per heavy atom. The van der Waals surface area contributed by atoms with Crippen LogP contribution >= 0.6 is 0 Å². The van der Waals surface area contributed by atoms with Crippen LogP contribution in [-0.2, 0) is 5.60 Å². The molecule has 2 unspecified atom stereocenters. The van der Waals surface area contributed by atoms with Crippen molar-refractivity contribution in [1.29, 1.82) is 0 Å². The minimum Gasteiger partial charge on any atom is -0.396 e. The van der Waals surface area contributed by atoms with E-state index < -0.39 is 5.60 Å². The minimum atomic E-state index is -1.06.